The van der Waals surface area contributed by atoms with E-state index in [0.717, 1.165) is 13.0 Å². The maximum Gasteiger partial charge on any atom is 0.227 e. The summed E-state index contributed by atoms with van der Waals surface area (Å²) in [5.41, 5.74) is 0. The first-order valence-corrected chi connectivity index (χ1v) is 5.57. The Kier molecular flexibility index (Phi) is 3.05. The van der Waals surface area contributed by atoms with Crippen LogP contribution < -0.4 is 5.32 Å². The molecule has 1 N–H and O–H groups in total. The Labute approximate surface area is 89.4 Å². The summed E-state index contributed by atoms with van der Waals surface area (Å²) < 4.78 is 5.60. The molecule has 1 aliphatic heterocycles. The highest BCUT2D eigenvalue weighted by Crippen LogP contribution is 2.38. The molecule has 0 bridgehead atoms. The van der Waals surface area contributed by atoms with Crippen molar-refractivity contribution in [1.29, 1.82) is 0 Å². The van der Waals surface area contributed by atoms with Gasteiger partial charge < -0.3 is 10.1 Å². The van der Waals surface area contributed by atoms with Gasteiger partial charge in [-0.3, -0.25) is 9.59 Å². The lowest BCUT2D eigenvalue weighted by Gasteiger charge is -2.19. The molecule has 0 aromatic heterocycles. The number of ketones is 1. The van der Waals surface area contributed by atoms with Gasteiger partial charge in [-0.25, -0.2) is 0 Å². The molecule has 15 heavy (non-hydrogen) atoms. The average Bonchev–Trinajstić information content (AvgIpc) is 2.87. The largest absolute Gasteiger partial charge is 0.376 e. The van der Waals surface area contributed by atoms with Gasteiger partial charge in [-0.15, -0.1) is 0 Å². The first-order valence-electron chi connectivity index (χ1n) is 5.57. The Morgan fingerprint density at radius 1 is 1.33 bits per heavy atom. The van der Waals surface area contributed by atoms with Crippen LogP contribution in [0.3, 0.4) is 0 Å². The van der Waals surface area contributed by atoms with Crippen LogP contribution in [0.4, 0.5) is 0 Å². The summed E-state index contributed by atoms with van der Waals surface area (Å²) >= 11 is 0. The highest BCUT2D eigenvalue weighted by molar-refractivity contribution is 5.96. The summed E-state index contributed by atoms with van der Waals surface area (Å²) in [5, 5.41) is 2.90. The van der Waals surface area contributed by atoms with E-state index >= 15 is 0 Å². The van der Waals surface area contributed by atoms with Crippen LogP contribution in [-0.2, 0) is 14.3 Å². The van der Waals surface area contributed by atoms with E-state index in [9.17, 15) is 9.59 Å². The molecule has 1 heterocycles. The highest BCUT2D eigenvalue weighted by atomic mass is 16.5. The van der Waals surface area contributed by atoms with Gasteiger partial charge in [-0.2, -0.15) is 0 Å². The fourth-order valence-electron chi connectivity index (χ4n) is 2.14. The molecule has 1 amide bonds. The number of hydrogen-bond acceptors (Lipinski definition) is 3. The molecule has 2 aliphatic rings. The van der Waals surface area contributed by atoms with Gasteiger partial charge in [0.15, 0.2) is 0 Å². The highest BCUT2D eigenvalue weighted by Gasteiger charge is 2.41. The van der Waals surface area contributed by atoms with Gasteiger partial charge in [0.2, 0.25) is 5.91 Å². The number of amides is 1. The Balaban J connectivity index is 1.82. The quantitative estimate of drug-likeness (QED) is 0.695. The van der Waals surface area contributed by atoms with Crippen LogP contribution in [0.15, 0.2) is 0 Å². The van der Waals surface area contributed by atoms with Gasteiger partial charge in [0.05, 0.1) is 18.6 Å². The number of carbonyl (C=O) groups excluding carboxylic acids is 2. The van der Waals surface area contributed by atoms with Gasteiger partial charge in [-0.1, -0.05) is 0 Å². The van der Waals surface area contributed by atoms with Crippen LogP contribution in [0.25, 0.3) is 0 Å². The maximum atomic E-state index is 11.4. The van der Waals surface area contributed by atoms with E-state index in [0.29, 0.717) is 5.92 Å². The Bertz CT molecular complexity index is 273. The van der Waals surface area contributed by atoms with Crippen LogP contribution >= 0.6 is 0 Å². The summed E-state index contributed by atoms with van der Waals surface area (Å²) in [6, 6.07) is 0.129. The van der Waals surface area contributed by atoms with Crippen LogP contribution in [-0.4, -0.2) is 30.4 Å². The Morgan fingerprint density at radius 2 is 2.07 bits per heavy atom. The van der Waals surface area contributed by atoms with Crippen molar-refractivity contribution in [2.24, 2.45) is 5.92 Å². The second-order valence-electron chi connectivity index (χ2n) is 4.51. The van der Waals surface area contributed by atoms with Crippen molar-refractivity contribution in [3.05, 3.63) is 0 Å². The summed E-state index contributed by atoms with van der Waals surface area (Å²) in [6.45, 7) is 2.16. The summed E-state index contributed by atoms with van der Waals surface area (Å²) in [6.07, 6.45) is 3.49. The molecule has 1 saturated carbocycles. The third kappa shape index (κ3) is 2.78. The minimum atomic E-state index is -0.163. The van der Waals surface area contributed by atoms with E-state index in [-0.39, 0.29) is 30.3 Å². The SMILES string of the molecule is CC(=O)CC(=O)NC1CCOC1C1CC1. The van der Waals surface area contributed by atoms with Crippen molar-refractivity contribution < 1.29 is 14.3 Å². The second kappa shape index (κ2) is 4.31. The minimum absolute atomic E-state index is 0.00606. The molecular formula is C11H17NO3. The average molecular weight is 211 g/mol. The van der Waals surface area contributed by atoms with Crippen molar-refractivity contribution >= 4 is 11.7 Å². The second-order valence-corrected chi connectivity index (χ2v) is 4.51. The lowest BCUT2D eigenvalue weighted by atomic mass is 10.1. The molecular weight excluding hydrogens is 194 g/mol. The number of carbonyl (C=O) groups is 2. The molecule has 0 radical (unpaired) electrons. The van der Waals surface area contributed by atoms with Gasteiger partial charge in [-0.05, 0) is 32.1 Å². The number of nitrogens with one attached hydrogen (secondary N) is 1. The smallest absolute Gasteiger partial charge is 0.227 e. The standard InChI is InChI=1S/C11H17NO3/c1-7(13)6-10(14)12-9-4-5-15-11(9)8-2-3-8/h8-9,11H,2-6H2,1H3,(H,12,14). The van der Waals surface area contributed by atoms with Gasteiger partial charge in [0, 0.05) is 6.61 Å². The van der Waals surface area contributed by atoms with E-state index in [1.807, 2.05) is 0 Å². The molecule has 2 atom stereocenters. The summed E-state index contributed by atoms with van der Waals surface area (Å²) in [5.74, 6) is 0.383. The number of ether oxygens (including phenoxy) is 1. The third-order valence-corrected chi connectivity index (χ3v) is 2.98. The molecule has 1 aliphatic carbocycles. The first-order chi connectivity index (χ1) is 7.16. The zero-order chi connectivity index (χ0) is 10.8. The number of rotatable bonds is 4. The van der Waals surface area contributed by atoms with E-state index in [4.69, 9.17) is 4.74 Å². The predicted octanol–water partition coefficient (Wildman–Crippen LogP) is 0.649. The van der Waals surface area contributed by atoms with Crippen molar-refractivity contribution in [2.45, 2.75) is 44.8 Å². The predicted molar refractivity (Wildman–Crippen MR) is 54.3 cm³/mol. The van der Waals surface area contributed by atoms with Crippen molar-refractivity contribution in [1.82, 2.24) is 5.32 Å². The molecule has 84 valence electrons. The maximum absolute atomic E-state index is 11.4. The molecule has 2 fully saturated rings. The summed E-state index contributed by atoms with van der Waals surface area (Å²) in [4.78, 5) is 22.2. The van der Waals surface area contributed by atoms with Crippen LogP contribution in [0.5, 0.6) is 0 Å². The Hall–Kier alpha value is -0.900. The monoisotopic (exact) mass is 211 g/mol. The molecule has 1 saturated heterocycles. The van der Waals surface area contributed by atoms with E-state index < -0.39 is 0 Å². The van der Waals surface area contributed by atoms with Crippen molar-refractivity contribution in [3.8, 4) is 0 Å². The minimum Gasteiger partial charge on any atom is -0.376 e. The van der Waals surface area contributed by atoms with Gasteiger partial charge >= 0.3 is 0 Å². The Morgan fingerprint density at radius 3 is 2.67 bits per heavy atom. The fraction of sp³-hybridized carbons (Fsp3) is 0.818. The van der Waals surface area contributed by atoms with Crippen molar-refractivity contribution in [2.75, 3.05) is 6.61 Å². The summed E-state index contributed by atoms with van der Waals surface area (Å²) in [7, 11) is 0. The van der Waals surface area contributed by atoms with E-state index in [1.54, 1.807) is 0 Å². The normalized spacial score (nSPS) is 30.2. The molecule has 2 unspecified atom stereocenters. The molecule has 0 spiro atoms. The van der Waals surface area contributed by atoms with Crippen LogP contribution in [0.2, 0.25) is 0 Å². The van der Waals surface area contributed by atoms with Gasteiger partial charge in [0.1, 0.15) is 5.78 Å². The topological polar surface area (TPSA) is 55.4 Å². The zero-order valence-electron chi connectivity index (χ0n) is 8.99. The molecule has 4 heteroatoms. The van der Waals surface area contributed by atoms with Gasteiger partial charge in [0.25, 0.3) is 0 Å². The number of hydrogen-bond donors (Lipinski definition) is 1. The van der Waals surface area contributed by atoms with E-state index in [1.165, 1.54) is 19.8 Å². The van der Waals surface area contributed by atoms with E-state index in [2.05, 4.69) is 5.32 Å². The zero-order valence-corrected chi connectivity index (χ0v) is 8.99. The molecule has 2 rings (SSSR count). The first kappa shape index (κ1) is 10.6. The molecule has 0 aromatic carbocycles. The molecule has 0 aromatic rings. The lowest BCUT2D eigenvalue weighted by molar-refractivity contribution is -0.127. The van der Waals surface area contributed by atoms with Crippen LogP contribution in [0, 0.1) is 5.92 Å². The fourth-order valence-corrected chi connectivity index (χ4v) is 2.14. The third-order valence-electron chi connectivity index (χ3n) is 2.98. The van der Waals surface area contributed by atoms with Crippen LogP contribution in [0.1, 0.15) is 32.6 Å². The number of Topliss-reactive ketones (excluding diaryl/α,β-unsaturated/α-hetero) is 1. The van der Waals surface area contributed by atoms with Crippen molar-refractivity contribution in [3.63, 3.8) is 0 Å². The molecule has 4 nitrogen and oxygen atoms in total. The lowest BCUT2D eigenvalue weighted by Crippen LogP contribution is -2.41.